The quantitative estimate of drug-likeness (QED) is 0.435. The van der Waals surface area contributed by atoms with E-state index in [-0.39, 0.29) is 0 Å². The fourth-order valence-corrected chi connectivity index (χ4v) is 2.10. The van der Waals surface area contributed by atoms with Gasteiger partial charge in [0.05, 0.1) is 0 Å². The Morgan fingerprint density at radius 1 is 0.833 bits per heavy atom. The summed E-state index contributed by atoms with van der Waals surface area (Å²) < 4.78 is 11.2. The number of hydrogen-bond donors (Lipinski definition) is 2. The van der Waals surface area contributed by atoms with Crippen molar-refractivity contribution in [2.75, 3.05) is 24.7 Å². The number of hydrogen-bond acceptors (Lipinski definition) is 4. The van der Waals surface area contributed by atoms with E-state index < -0.39 is 0 Å². The predicted molar refractivity (Wildman–Crippen MR) is 102 cm³/mol. The SMILES string of the molecule is C=CCOc1cc(/C=C/c2ccc(N)cc2N)cc(OCC=C)c1. The molecule has 124 valence electrons. The van der Waals surface area contributed by atoms with Gasteiger partial charge in [-0.05, 0) is 35.4 Å². The van der Waals surface area contributed by atoms with Crippen LogP contribution >= 0.6 is 0 Å². The van der Waals surface area contributed by atoms with Crippen molar-refractivity contribution >= 4 is 23.5 Å². The summed E-state index contributed by atoms with van der Waals surface area (Å²) in [5, 5.41) is 0. The normalized spacial score (nSPS) is 10.5. The van der Waals surface area contributed by atoms with Crippen LogP contribution in [-0.2, 0) is 0 Å². The van der Waals surface area contributed by atoms with Crippen LogP contribution in [0.5, 0.6) is 11.5 Å². The fourth-order valence-electron chi connectivity index (χ4n) is 2.10. The van der Waals surface area contributed by atoms with Gasteiger partial charge in [-0.2, -0.15) is 0 Å². The maximum absolute atomic E-state index is 5.97. The maximum Gasteiger partial charge on any atom is 0.124 e. The number of rotatable bonds is 8. The molecule has 24 heavy (non-hydrogen) atoms. The zero-order valence-electron chi connectivity index (χ0n) is 13.6. The Labute approximate surface area is 142 Å². The molecule has 0 amide bonds. The lowest BCUT2D eigenvalue weighted by atomic mass is 10.1. The van der Waals surface area contributed by atoms with E-state index in [1.54, 1.807) is 18.2 Å². The number of nitrogens with two attached hydrogens (primary N) is 2. The zero-order chi connectivity index (χ0) is 17.4. The van der Waals surface area contributed by atoms with Crippen LogP contribution in [0.1, 0.15) is 11.1 Å². The molecule has 0 fully saturated rings. The topological polar surface area (TPSA) is 70.5 Å². The molecule has 0 aliphatic rings. The molecule has 0 saturated carbocycles. The van der Waals surface area contributed by atoms with Crippen molar-refractivity contribution in [2.45, 2.75) is 0 Å². The molecule has 2 rings (SSSR count). The van der Waals surface area contributed by atoms with Gasteiger partial charge >= 0.3 is 0 Å². The van der Waals surface area contributed by atoms with Crippen LogP contribution in [0.15, 0.2) is 61.7 Å². The molecule has 4 nitrogen and oxygen atoms in total. The first-order valence-corrected chi connectivity index (χ1v) is 7.58. The summed E-state index contributed by atoms with van der Waals surface area (Å²) in [6.07, 6.45) is 7.27. The van der Waals surface area contributed by atoms with Crippen molar-refractivity contribution in [3.63, 3.8) is 0 Å². The molecule has 0 atom stereocenters. The highest BCUT2D eigenvalue weighted by Gasteiger charge is 2.02. The van der Waals surface area contributed by atoms with Gasteiger partial charge in [0.2, 0.25) is 0 Å². The highest BCUT2D eigenvalue weighted by atomic mass is 16.5. The van der Waals surface area contributed by atoms with Gasteiger partial charge in [0.15, 0.2) is 0 Å². The second-order valence-corrected chi connectivity index (χ2v) is 5.16. The first-order chi connectivity index (χ1) is 11.6. The molecule has 2 aromatic carbocycles. The maximum atomic E-state index is 5.97. The van der Waals surface area contributed by atoms with Crippen LogP contribution in [0.3, 0.4) is 0 Å². The Morgan fingerprint density at radius 2 is 1.46 bits per heavy atom. The van der Waals surface area contributed by atoms with Gasteiger partial charge in [0.25, 0.3) is 0 Å². The van der Waals surface area contributed by atoms with Gasteiger partial charge < -0.3 is 20.9 Å². The third kappa shape index (κ3) is 4.95. The van der Waals surface area contributed by atoms with E-state index in [4.69, 9.17) is 20.9 Å². The number of ether oxygens (including phenoxy) is 2. The highest BCUT2D eigenvalue weighted by Crippen LogP contribution is 2.25. The first kappa shape index (κ1) is 17.2. The second-order valence-electron chi connectivity index (χ2n) is 5.16. The van der Waals surface area contributed by atoms with Crippen LogP contribution in [0.2, 0.25) is 0 Å². The Balaban J connectivity index is 2.27. The smallest absolute Gasteiger partial charge is 0.124 e. The van der Waals surface area contributed by atoms with E-state index in [1.807, 2.05) is 42.5 Å². The third-order valence-electron chi connectivity index (χ3n) is 3.20. The molecule has 0 unspecified atom stereocenters. The summed E-state index contributed by atoms with van der Waals surface area (Å²) >= 11 is 0. The Hall–Kier alpha value is -3.14. The van der Waals surface area contributed by atoms with E-state index >= 15 is 0 Å². The van der Waals surface area contributed by atoms with E-state index in [1.165, 1.54) is 0 Å². The third-order valence-corrected chi connectivity index (χ3v) is 3.20. The van der Waals surface area contributed by atoms with Crippen LogP contribution in [0.4, 0.5) is 11.4 Å². The zero-order valence-corrected chi connectivity index (χ0v) is 13.6. The monoisotopic (exact) mass is 322 g/mol. The van der Waals surface area contributed by atoms with Crippen molar-refractivity contribution < 1.29 is 9.47 Å². The van der Waals surface area contributed by atoms with Gasteiger partial charge in [-0.1, -0.05) is 43.5 Å². The molecule has 0 heterocycles. The summed E-state index contributed by atoms with van der Waals surface area (Å²) in [4.78, 5) is 0. The van der Waals surface area contributed by atoms with Gasteiger partial charge in [-0.3, -0.25) is 0 Å². The Kier molecular flexibility index (Phi) is 6.08. The highest BCUT2D eigenvalue weighted by molar-refractivity contribution is 5.77. The van der Waals surface area contributed by atoms with Crippen molar-refractivity contribution in [1.29, 1.82) is 0 Å². The molecule has 0 spiro atoms. The van der Waals surface area contributed by atoms with E-state index in [9.17, 15) is 0 Å². The molecule has 0 aliphatic heterocycles. The van der Waals surface area contributed by atoms with E-state index in [0.29, 0.717) is 36.1 Å². The van der Waals surface area contributed by atoms with Gasteiger partial charge in [-0.15, -0.1) is 0 Å². The lowest BCUT2D eigenvalue weighted by Gasteiger charge is -2.09. The largest absolute Gasteiger partial charge is 0.489 e. The minimum atomic E-state index is 0.430. The molecule has 0 radical (unpaired) electrons. The molecule has 0 bridgehead atoms. The van der Waals surface area contributed by atoms with Crippen molar-refractivity contribution in [2.24, 2.45) is 0 Å². The molecule has 4 N–H and O–H groups in total. The average Bonchev–Trinajstić information content (AvgIpc) is 2.57. The van der Waals surface area contributed by atoms with Crippen molar-refractivity contribution in [3.05, 3.63) is 72.8 Å². The molecule has 4 heteroatoms. The van der Waals surface area contributed by atoms with Crippen LogP contribution in [-0.4, -0.2) is 13.2 Å². The molecule has 2 aromatic rings. The summed E-state index contributed by atoms with van der Waals surface area (Å²) in [5.74, 6) is 1.42. The van der Waals surface area contributed by atoms with Gasteiger partial charge in [0.1, 0.15) is 24.7 Å². The minimum Gasteiger partial charge on any atom is -0.489 e. The minimum absolute atomic E-state index is 0.430. The summed E-state index contributed by atoms with van der Waals surface area (Å²) in [6, 6.07) is 11.1. The summed E-state index contributed by atoms with van der Waals surface area (Å²) in [6.45, 7) is 8.17. The van der Waals surface area contributed by atoms with Crippen molar-refractivity contribution in [1.82, 2.24) is 0 Å². The van der Waals surface area contributed by atoms with Crippen LogP contribution in [0.25, 0.3) is 12.2 Å². The summed E-state index contributed by atoms with van der Waals surface area (Å²) in [7, 11) is 0. The van der Waals surface area contributed by atoms with Crippen LogP contribution in [0, 0.1) is 0 Å². The van der Waals surface area contributed by atoms with Crippen LogP contribution < -0.4 is 20.9 Å². The van der Waals surface area contributed by atoms with Gasteiger partial charge in [-0.25, -0.2) is 0 Å². The van der Waals surface area contributed by atoms with Crippen molar-refractivity contribution in [3.8, 4) is 11.5 Å². The number of anilines is 2. The molecule has 0 aromatic heterocycles. The molecule has 0 aliphatic carbocycles. The van der Waals surface area contributed by atoms with E-state index in [2.05, 4.69) is 13.2 Å². The molecular weight excluding hydrogens is 300 g/mol. The Morgan fingerprint density at radius 3 is 2.00 bits per heavy atom. The molecular formula is C20H22N2O2. The lowest BCUT2D eigenvalue weighted by molar-refractivity contribution is 0.345. The lowest BCUT2D eigenvalue weighted by Crippen LogP contribution is -1.97. The second kappa shape index (κ2) is 8.48. The summed E-state index contributed by atoms with van der Waals surface area (Å²) in [5.41, 5.74) is 14.8. The average molecular weight is 322 g/mol. The Bertz CT molecular complexity index is 721. The number of benzene rings is 2. The van der Waals surface area contributed by atoms with E-state index in [0.717, 1.165) is 11.1 Å². The molecule has 0 saturated heterocycles. The fraction of sp³-hybridized carbons (Fsp3) is 0.100. The predicted octanol–water partition coefficient (Wildman–Crippen LogP) is 4.15. The number of nitrogen functional groups attached to an aromatic ring is 2. The van der Waals surface area contributed by atoms with Gasteiger partial charge in [0, 0.05) is 17.4 Å². The standard InChI is InChI=1S/C20H22N2O2/c1-3-9-23-18-11-15(12-19(14-18)24-10-4-2)5-6-16-7-8-17(21)13-20(16)22/h3-8,11-14H,1-2,9-10,21-22H2/b6-5+. The first-order valence-electron chi connectivity index (χ1n) is 7.58.